The van der Waals surface area contributed by atoms with E-state index >= 15 is 0 Å². The number of nitrogens with one attached hydrogen (secondary N) is 1. The number of hydrogen-bond donors (Lipinski definition) is 2. The van der Waals surface area contributed by atoms with Crippen LogP contribution in [0.3, 0.4) is 0 Å². The van der Waals surface area contributed by atoms with Gasteiger partial charge in [-0.3, -0.25) is 4.79 Å². The van der Waals surface area contributed by atoms with E-state index in [2.05, 4.69) is 10.1 Å². The Labute approximate surface area is 113 Å². The predicted molar refractivity (Wildman–Crippen MR) is 66.7 cm³/mol. The summed E-state index contributed by atoms with van der Waals surface area (Å²) in [7, 11) is 0. The number of halogens is 3. The molecule has 1 aromatic carbocycles. The molecule has 0 aliphatic carbocycles. The van der Waals surface area contributed by atoms with Crippen LogP contribution in [0.25, 0.3) is 0 Å². The minimum atomic E-state index is -4.80. The molecule has 8 heteroatoms. The highest BCUT2D eigenvalue weighted by molar-refractivity contribution is 5.99. The zero-order valence-corrected chi connectivity index (χ0v) is 10.5. The Hall–Kier alpha value is -1.96. The fraction of sp³-hybridized carbons (Fsp3) is 0.417. The first-order chi connectivity index (χ1) is 9.37. The number of hydrogen-bond acceptors (Lipinski definition) is 4. The van der Waals surface area contributed by atoms with Crippen LogP contribution in [0.4, 0.5) is 18.9 Å². The van der Waals surface area contributed by atoms with Gasteiger partial charge in [-0.2, -0.15) is 0 Å². The van der Waals surface area contributed by atoms with E-state index in [0.717, 1.165) is 19.2 Å². The van der Waals surface area contributed by atoms with E-state index in [9.17, 15) is 18.0 Å². The molecular weight excluding hydrogens is 275 g/mol. The molecule has 1 amide bonds. The van der Waals surface area contributed by atoms with Crippen LogP contribution in [-0.2, 0) is 0 Å². The third-order valence-electron chi connectivity index (χ3n) is 2.92. The highest BCUT2D eigenvalue weighted by Crippen LogP contribution is 2.29. The highest BCUT2D eigenvalue weighted by atomic mass is 19.4. The van der Waals surface area contributed by atoms with E-state index in [0.29, 0.717) is 18.8 Å². The normalized spacial score (nSPS) is 16.1. The van der Waals surface area contributed by atoms with Crippen molar-refractivity contribution in [3.05, 3.63) is 23.8 Å². The number of nitrogens with two attached hydrogens (primary N) is 1. The van der Waals surface area contributed by atoms with Gasteiger partial charge >= 0.3 is 6.36 Å². The molecule has 1 aliphatic heterocycles. The number of primary amides is 1. The van der Waals surface area contributed by atoms with Gasteiger partial charge in [-0.1, -0.05) is 0 Å². The molecule has 0 bridgehead atoms. The Morgan fingerprint density at radius 3 is 2.50 bits per heavy atom. The van der Waals surface area contributed by atoms with Crippen LogP contribution in [0.5, 0.6) is 5.75 Å². The number of anilines is 1. The van der Waals surface area contributed by atoms with Crippen LogP contribution in [0.15, 0.2) is 18.2 Å². The quantitative estimate of drug-likeness (QED) is 0.874. The molecule has 0 aromatic heterocycles. The maximum absolute atomic E-state index is 12.2. The maximum Gasteiger partial charge on any atom is 0.573 e. The van der Waals surface area contributed by atoms with E-state index in [1.807, 2.05) is 4.90 Å². The lowest BCUT2D eigenvalue weighted by Crippen LogP contribution is -2.44. The number of carbonyl (C=O) groups is 1. The van der Waals surface area contributed by atoms with E-state index < -0.39 is 18.0 Å². The van der Waals surface area contributed by atoms with Crippen molar-refractivity contribution in [3.63, 3.8) is 0 Å². The molecule has 20 heavy (non-hydrogen) atoms. The highest BCUT2D eigenvalue weighted by Gasteiger charge is 2.31. The molecule has 5 nitrogen and oxygen atoms in total. The van der Waals surface area contributed by atoms with Crippen molar-refractivity contribution >= 4 is 11.6 Å². The van der Waals surface area contributed by atoms with Gasteiger partial charge in [-0.25, -0.2) is 0 Å². The molecule has 0 radical (unpaired) electrons. The van der Waals surface area contributed by atoms with E-state index in [1.165, 1.54) is 12.1 Å². The summed E-state index contributed by atoms with van der Waals surface area (Å²) in [6.45, 7) is 2.78. The van der Waals surface area contributed by atoms with Gasteiger partial charge in [0.05, 0.1) is 5.56 Å². The largest absolute Gasteiger partial charge is 0.573 e. The zero-order chi connectivity index (χ0) is 14.8. The topological polar surface area (TPSA) is 67.6 Å². The Morgan fingerprint density at radius 2 is 1.95 bits per heavy atom. The summed E-state index contributed by atoms with van der Waals surface area (Å²) in [5.74, 6) is -1.24. The Morgan fingerprint density at radius 1 is 1.30 bits per heavy atom. The molecular formula is C12H14F3N3O2. The SMILES string of the molecule is NC(=O)c1cc(OC(F)(F)F)ccc1N1CCNCC1. The molecule has 1 heterocycles. The Kier molecular flexibility index (Phi) is 4.03. The van der Waals surface area contributed by atoms with Crippen molar-refractivity contribution in [2.75, 3.05) is 31.1 Å². The summed E-state index contributed by atoms with van der Waals surface area (Å²) in [6, 6.07) is 3.62. The number of amides is 1. The molecule has 0 saturated carbocycles. The Balaban J connectivity index is 2.30. The van der Waals surface area contributed by atoms with Gasteiger partial charge in [0.1, 0.15) is 5.75 Å². The maximum atomic E-state index is 12.2. The molecule has 1 aromatic rings. The van der Waals surface area contributed by atoms with Gasteiger partial charge in [0.15, 0.2) is 0 Å². The molecule has 2 rings (SSSR count). The van der Waals surface area contributed by atoms with Crippen molar-refractivity contribution in [3.8, 4) is 5.75 Å². The number of alkyl halides is 3. The van der Waals surface area contributed by atoms with Crippen molar-refractivity contribution in [2.24, 2.45) is 5.73 Å². The van der Waals surface area contributed by atoms with Crippen LogP contribution >= 0.6 is 0 Å². The van der Waals surface area contributed by atoms with Crippen molar-refractivity contribution in [1.29, 1.82) is 0 Å². The number of carbonyl (C=O) groups excluding carboxylic acids is 1. The lowest BCUT2D eigenvalue weighted by molar-refractivity contribution is -0.274. The fourth-order valence-corrected chi connectivity index (χ4v) is 2.09. The van der Waals surface area contributed by atoms with Crippen LogP contribution in [0.1, 0.15) is 10.4 Å². The molecule has 3 N–H and O–H groups in total. The summed E-state index contributed by atoms with van der Waals surface area (Å²) < 4.78 is 40.3. The summed E-state index contributed by atoms with van der Waals surface area (Å²) >= 11 is 0. The van der Waals surface area contributed by atoms with Gasteiger partial charge < -0.3 is 20.7 Å². The van der Waals surface area contributed by atoms with Crippen molar-refractivity contribution in [2.45, 2.75) is 6.36 Å². The second-order valence-electron chi connectivity index (χ2n) is 4.33. The molecule has 0 atom stereocenters. The molecule has 1 aliphatic rings. The number of ether oxygens (including phenoxy) is 1. The van der Waals surface area contributed by atoms with E-state index in [4.69, 9.17) is 5.73 Å². The average molecular weight is 289 g/mol. The minimum absolute atomic E-state index is 0.0219. The van der Waals surface area contributed by atoms with Gasteiger partial charge in [-0.15, -0.1) is 13.2 Å². The predicted octanol–water partition coefficient (Wildman–Crippen LogP) is 1.09. The lowest BCUT2D eigenvalue weighted by Gasteiger charge is -2.30. The molecule has 1 saturated heterocycles. The van der Waals surface area contributed by atoms with Gasteiger partial charge in [-0.05, 0) is 18.2 Å². The summed E-state index contributed by atoms with van der Waals surface area (Å²) in [5.41, 5.74) is 5.78. The van der Waals surface area contributed by atoms with Gasteiger partial charge in [0.25, 0.3) is 5.91 Å². The second-order valence-corrected chi connectivity index (χ2v) is 4.33. The third-order valence-corrected chi connectivity index (χ3v) is 2.92. The van der Waals surface area contributed by atoms with Crippen LogP contribution in [0.2, 0.25) is 0 Å². The Bertz CT molecular complexity index is 499. The van der Waals surface area contributed by atoms with Crippen LogP contribution in [-0.4, -0.2) is 38.4 Å². The summed E-state index contributed by atoms with van der Waals surface area (Å²) in [6.07, 6.45) is -4.80. The molecule has 1 fully saturated rings. The smallest absolute Gasteiger partial charge is 0.406 e. The number of benzene rings is 1. The van der Waals surface area contributed by atoms with Crippen molar-refractivity contribution < 1.29 is 22.7 Å². The van der Waals surface area contributed by atoms with Gasteiger partial charge in [0.2, 0.25) is 0 Å². The first-order valence-electron chi connectivity index (χ1n) is 6.02. The standard InChI is InChI=1S/C12H14F3N3O2/c13-12(14,15)20-8-1-2-10(9(7-8)11(16)19)18-5-3-17-4-6-18/h1-2,7,17H,3-6H2,(H2,16,19). The van der Waals surface area contributed by atoms with E-state index in [1.54, 1.807) is 0 Å². The lowest BCUT2D eigenvalue weighted by atomic mass is 10.1. The summed E-state index contributed by atoms with van der Waals surface area (Å²) in [5, 5.41) is 3.14. The monoisotopic (exact) mass is 289 g/mol. The third kappa shape index (κ3) is 3.53. The minimum Gasteiger partial charge on any atom is -0.406 e. The second kappa shape index (κ2) is 5.58. The number of nitrogens with zero attached hydrogens (tertiary/aromatic N) is 1. The van der Waals surface area contributed by atoms with Crippen LogP contribution < -0.4 is 20.7 Å². The van der Waals surface area contributed by atoms with E-state index in [-0.39, 0.29) is 5.56 Å². The number of piperazine rings is 1. The molecule has 110 valence electrons. The van der Waals surface area contributed by atoms with Gasteiger partial charge in [0, 0.05) is 31.9 Å². The first kappa shape index (κ1) is 14.4. The first-order valence-corrected chi connectivity index (χ1v) is 6.02. The number of rotatable bonds is 3. The average Bonchev–Trinajstić information content (AvgIpc) is 2.37. The summed E-state index contributed by atoms with van der Waals surface area (Å²) in [4.78, 5) is 13.3. The fourth-order valence-electron chi connectivity index (χ4n) is 2.09. The van der Waals surface area contributed by atoms with Crippen molar-refractivity contribution in [1.82, 2.24) is 5.32 Å². The van der Waals surface area contributed by atoms with Crippen LogP contribution in [0, 0.1) is 0 Å². The molecule has 0 unspecified atom stereocenters. The zero-order valence-electron chi connectivity index (χ0n) is 10.5. The molecule has 0 spiro atoms.